The van der Waals surface area contributed by atoms with Crippen molar-refractivity contribution in [2.75, 3.05) is 39.4 Å². The normalized spacial score (nSPS) is 13.1. The van der Waals surface area contributed by atoms with Crippen LogP contribution < -0.4 is 30.4 Å². The number of nitrogen functional groups attached to an aromatic ring is 2. The van der Waals surface area contributed by atoms with Gasteiger partial charge in [-0.2, -0.15) is 10.1 Å². The number of hydrogen-bond donors (Lipinski definition) is 8. The van der Waals surface area contributed by atoms with E-state index < -0.39 is 23.5 Å². The minimum Gasteiger partial charge on any atom is -0.466 e. The Hall–Kier alpha value is -10.5. The van der Waals surface area contributed by atoms with Crippen LogP contribution in [0.25, 0.3) is 0 Å². The molecule has 24 heteroatoms. The number of nitrogens with two attached hydrogens (primary N) is 2. The van der Waals surface area contributed by atoms with E-state index in [2.05, 4.69) is 0 Å². The Kier molecular flexibility index (Phi) is 25.0. The van der Waals surface area contributed by atoms with Gasteiger partial charge in [-0.05, 0) is 198 Å². The van der Waals surface area contributed by atoms with Gasteiger partial charge in [-0.3, -0.25) is 60.8 Å². The van der Waals surface area contributed by atoms with Gasteiger partial charge in [0.15, 0.2) is 11.7 Å². The SMILES string of the molecule is CCOC(=O)CCCC1CCN(C(=O)c2cc(Oc3ccc(C(=N)N(O)C(C)=O)cc3)cc(Oc3ccc(C(=N)N(O)C(C)=O)cc3)c2)CC1.CCOC(=O)CCCC1CCN(C(=O)c2cc(Oc3ccc(C(=N)N)cc3)cc(Oc3ccc(C(=N)N)cc3)c2)CC1. The first-order valence-electron chi connectivity index (χ1n) is 30.2. The van der Waals surface area contributed by atoms with Crippen molar-refractivity contribution >= 4 is 58.9 Å². The van der Waals surface area contributed by atoms with Crippen LogP contribution in [0.1, 0.15) is 135 Å². The van der Waals surface area contributed by atoms with E-state index >= 15 is 0 Å². The molecular formula is C68H78N10O14. The van der Waals surface area contributed by atoms with Gasteiger partial charge in [-0.15, -0.1) is 0 Å². The number of nitrogens with zero attached hydrogens (tertiary/aromatic N) is 4. The number of amidine groups is 4. The number of piperidine rings is 2. The summed E-state index contributed by atoms with van der Waals surface area (Å²) in [5.74, 6) is 1.05. The highest BCUT2D eigenvalue weighted by Gasteiger charge is 2.27. The summed E-state index contributed by atoms with van der Waals surface area (Å²) in [6.45, 7) is 8.98. The number of ether oxygens (including phenoxy) is 6. The molecule has 0 aromatic heterocycles. The maximum atomic E-state index is 13.8. The average molecular weight is 1260 g/mol. The van der Waals surface area contributed by atoms with Crippen molar-refractivity contribution < 1.29 is 67.6 Å². The Morgan fingerprint density at radius 3 is 0.957 bits per heavy atom. The number of amides is 4. The van der Waals surface area contributed by atoms with Crippen LogP contribution in [0.2, 0.25) is 0 Å². The predicted molar refractivity (Wildman–Crippen MR) is 341 cm³/mol. The molecule has 4 amide bonds. The van der Waals surface area contributed by atoms with Crippen LogP contribution in [0.4, 0.5) is 0 Å². The van der Waals surface area contributed by atoms with Crippen LogP contribution in [0.15, 0.2) is 133 Å². The highest BCUT2D eigenvalue weighted by atomic mass is 16.5. The van der Waals surface area contributed by atoms with Gasteiger partial charge in [0.05, 0.1) is 13.2 Å². The number of esters is 2. The van der Waals surface area contributed by atoms with E-state index in [1.54, 1.807) is 128 Å². The Morgan fingerprint density at radius 2 is 0.707 bits per heavy atom. The molecule has 0 aliphatic carbocycles. The van der Waals surface area contributed by atoms with Gasteiger partial charge < -0.3 is 49.7 Å². The second-order valence-corrected chi connectivity index (χ2v) is 21.9. The molecule has 24 nitrogen and oxygen atoms in total. The number of rotatable bonds is 24. The first kappa shape index (κ1) is 69.0. The molecule has 0 bridgehead atoms. The van der Waals surface area contributed by atoms with Crippen molar-refractivity contribution in [3.63, 3.8) is 0 Å². The minimum absolute atomic E-state index is 0.0385. The first-order chi connectivity index (χ1) is 44.1. The zero-order valence-corrected chi connectivity index (χ0v) is 51.9. The maximum Gasteiger partial charge on any atom is 0.305 e. The molecule has 2 aliphatic heterocycles. The molecule has 92 heavy (non-hydrogen) atoms. The monoisotopic (exact) mass is 1260 g/mol. The molecule has 0 saturated carbocycles. The molecule has 8 rings (SSSR count). The van der Waals surface area contributed by atoms with Gasteiger partial charge in [0.25, 0.3) is 11.8 Å². The van der Waals surface area contributed by atoms with Crippen molar-refractivity contribution in [2.45, 2.75) is 91.9 Å². The average Bonchev–Trinajstić information content (AvgIpc) is 1.02. The van der Waals surface area contributed by atoms with E-state index in [0.717, 1.165) is 65.2 Å². The zero-order chi connectivity index (χ0) is 66.4. The number of nitrogens with one attached hydrogen (secondary N) is 4. The molecule has 6 aromatic rings. The van der Waals surface area contributed by atoms with Crippen LogP contribution >= 0.6 is 0 Å². The first-order valence-corrected chi connectivity index (χ1v) is 30.2. The predicted octanol–water partition coefficient (Wildman–Crippen LogP) is 11.4. The van der Waals surface area contributed by atoms with Crippen LogP contribution in [0.5, 0.6) is 46.0 Å². The second-order valence-electron chi connectivity index (χ2n) is 21.9. The molecule has 2 aliphatic rings. The summed E-state index contributed by atoms with van der Waals surface area (Å²) >= 11 is 0. The van der Waals surface area contributed by atoms with Gasteiger partial charge in [-0.25, -0.2) is 0 Å². The van der Waals surface area contributed by atoms with Crippen molar-refractivity contribution in [2.24, 2.45) is 23.3 Å². The maximum absolute atomic E-state index is 13.8. The third-order valence-corrected chi connectivity index (χ3v) is 15.2. The number of carbonyl (C=O) groups excluding carboxylic acids is 6. The molecule has 484 valence electrons. The summed E-state index contributed by atoms with van der Waals surface area (Å²) in [7, 11) is 0. The Balaban J connectivity index is 0.000000265. The van der Waals surface area contributed by atoms with Gasteiger partial charge >= 0.3 is 11.9 Å². The molecule has 0 atom stereocenters. The van der Waals surface area contributed by atoms with Crippen molar-refractivity contribution in [3.05, 3.63) is 167 Å². The molecule has 2 saturated heterocycles. The van der Waals surface area contributed by atoms with Gasteiger partial charge in [0.2, 0.25) is 11.8 Å². The Morgan fingerprint density at radius 1 is 0.435 bits per heavy atom. The number of hydrogen-bond acceptors (Lipinski definition) is 18. The highest BCUT2D eigenvalue weighted by molar-refractivity contribution is 6.05. The fourth-order valence-corrected chi connectivity index (χ4v) is 10.2. The third kappa shape index (κ3) is 20.3. The quantitative estimate of drug-likeness (QED) is 0.00917. The summed E-state index contributed by atoms with van der Waals surface area (Å²) in [6.07, 6.45) is 7.53. The van der Waals surface area contributed by atoms with Crippen LogP contribution in [-0.4, -0.2) is 129 Å². The molecule has 0 spiro atoms. The molecule has 2 heterocycles. The smallest absolute Gasteiger partial charge is 0.305 e. The number of carbonyl (C=O) groups is 6. The van der Waals surface area contributed by atoms with E-state index in [4.69, 9.17) is 61.5 Å². The fraction of sp³-hybridized carbons (Fsp3) is 0.324. The van der Waals surface area contributed by atoms with E-state index in [-0.39, 0.29) is 68.2 Å². The van der Waals surface area contributed by atoms with E-state index in [9.17, 15) is 39.2 Å². The fourth-order valence-electron chi connectivity index (χ4n) is 10.2. The lowest BCUT2D eigenvalue weighted by Crippen LogP contribution is -2.38. The topological polar surface area (TPSA) is 359 Å². The van der Waals surface area contributed by atoms with Crippen molar-refractivity contribution in [3.8, 4) is 46.0 Å². The standard InChI is InChI=1S/C36H41N5O9.C32H37N5O5/c1-4-48-33(44)7-5-6-25-16-18-39(19-17-25)36(45)28-20-31(49-29-12-8-26(9-13-29)34(37)40(46)23(2)42)22-32(21-28)50-30-14-10-27(11-15-30)35(38)41(47)24(3)43;1-2-40-29(38)5-3-4-21-14-16-37(17-15-21)32(39)24-18-27(41-25-10-6-22(7-11-25)30(33)34)20-28(19-24)42-26-12-8-23(9-13-26)31(35)36/h8-15,20-22,25,37-38,46-47H,4-7,16-19H2,1-3H3;6-13,18-21H,2-5,14-17H2,1H3,(H3,33,34)(H3,35,36). The van der Waals surface area contributed by atoms with Gasteiger partial charge in [0.1, 0.15) is 57.7 Å². The molecule has 0 unspecified atom stereocenters. The summed E-state index contributed by atoms with van der Waals surface area (Å²) in [5, 5.41) is 51.3. The summed E-state index contributed by atoms with van der Waals surface area (Å²) < 4.78 is 34.3. The molecule has 0 radical (unpaired) electrons. The van der Waals surface area contributed by atoms with Crippen LogP contribution in [0, 0.1) is 33.5 Å². The lowest BCUT2D eigenvalue weighted by atomic mass is 9.91. The van der Waals surface area contributed by atoms with Crippen LogP contribution in [0.3, 0.4) is 0 Å². The third-order valence-electron chi connectivity index (χ3n) is 15.2. The summed E-state index contributed by atoms with van der Waals surface area (Å²) in [4.78, 5) is 77.2. The largest absolute Gasteiger partial charge is 0.466 e. The highest BCUT2D eigenvalue weighted by Crippen LogP contribution is 2.35. The van der Waals surface area contributed by atoms with Crippen LogP contribution in [-0.2, 0) is 28.7 Å². The van der Waals surface area contributed by atoms with Crippen molar-refractivity contribution in [1.29, 1.82) is 21.6 Å². The summed E-state index contributed by atoms with van der Waals surface area (Å²) in [5.41, 5.74) is 13.6. The number of hydroxylamine groups is 4. The molecule has 2 fully saturated rings. The lowest BCUT2D eigenvalue weighted by Gasteiger charge is -2.32. The Bertz CT molecular complexity index is 3430. The van der Waals surface area contributed by atoms with E-state index in [1.807, 2.05) is 4.90 Å². The molecular weight excluding hydrogens is 1180 g/mol. The molecule has 10 N–H and O–H groups in total. The number of likely N-dealkylation sites (tertiary alicyclic amines) is 2. The lowest BCUT2D eigenvalue weighted by molar-refractivity contribution is -0.147. The van der Waals surface area contributed by atoms with E-state index in [0.29, 0.717) is 121 Å². The number of benzene rings is 6. The van der Waals surface area contributed by atoms with Crippen molar-refractivity contribution in [1.82, 2.24) is 19.9 Å². The molecule has 6 aromatic carbocycles. The van der Waals surface area contributed by atoms with E-state index in [1.165, 1.54) is 24.3 Å². The zero-order valence-electron chi connectivity index (χ0n) is 51.9. The second kappa shape index (κ2) is 33.4. The summed E-state index contributed by atoms with van der Waals surface area (Å²) in [6, 6.07) is 35.7. The Labute approximate surface area is 533 Å². The minimum atomic E-state index is -0.707. The van der Waals surface area contributed by atoms with Gasteiger partial charge in [0, 0.05) is 98.4 Å². The van der Waals surface area contributed by atoms with Gasteiger partial charge in [-0.1, -0.05) is 0 Å².